The number of para-hydroxylation sites is 1. The zero-order valence-corrected chi connectivity index (χ0v) is 10.6. The third kappa shape index (κ3) is 2.18. The molecule has 0 aliphatic rings. The molecule has 3 rings (SSSR count). The minimum Gasteiger partial charge on any atom is -0.506 e. The summed E-state index contributed by atoms with van der Waals surface area (Å²) in [5, 5.41) is 13.3. The largest absolute Gasteiger partial charge is 0.506 e. The van der Waals surface area contributed by atoms with Crippen molar-refractivity contribution >= 4 is 0 Å². The summed E-state index contributed by atoms with van der Waals surface area (Å²) in [6.45, 7) is 0. The van der Waals surface area contributed by atoms with E-state index < -0.39 is 0 Å². The molecule has 100 valence electrons. The summed E-state index contributed by atoms with van der Waals surface area (Å²) in [6, 6.07) is 8.90. The van der Waals surface area contributed by atoms with Crippen LogP contribution in [0.5, 0.6) is 11.5 Å². The Morgan fingerprint density at radius 1 is 1.20 bits per heavy atom. The van der Waals surface area contributed by atoms with Gasteiger partial charge in [-0.25, -0.2) is 0 Å². The number of ether oxygens (including phenoxy) is 1. The fourth-order valence-electron chi connectivity index (χ4n) is 1.82. The van der Waals surface area contributed by atoms with Crippen LogP contribution in [0.2, 0.25) is 0 Å². The van der Waals surface area contributed by atoms with E-state index in [1.54, 1.807) is 13.3 Å². The van der Waals surface area contributed by atoms with Crippen LogP contribution in [0.3, 0.4) is 0 Å². The molecule has 1 N–H and O–H groups in total. The standard InChI is InChI=1S/C14H11N3O3/c1-19-12-5-3-2-4-11(12)13-16-14(20-17-13)9-6-10(18)8-15-7-9/h2-8,18H,1H3. The van der Waals surface area contributed by atoms with Gasteiger partial charge in [-0.2, -0.15) is 4.98 Å². The highest BCUT2D eigenvalue weighted by Crippen LogP contribution is 2.29. The number of hydrogen-bond donors (Lipinski definition) is 1. The van der Waals surface area contributed by atoms with Crippen LogP contribution in [0.15, 0.2) is 47.2 Å². The average molecular weight is 269 g/mol. The Balaban J connectivity index is 2.02. The zero-order valence-electron chi connectivity index (χ0n) is 10.6. The maximum atomic E-state index is 9.41. The van der Waals surface area contributed by atoms with Crippen LogP contribution < -0.4 is 4.74 Å². The van der Waals surface area contributed by atoms with Crippen molar-refractivity contribution in [1.82, 2.24) is 15.1 Å². The molecule has 2 aromatic heterocycles. The van der Waals surface area contributed by atoms with Gasteiger partial charge < -0.3 is 14.4 Å². The lowest BCUT2D eigenvalue weighted by molar-refractivity contribution is 0.413. The monoisotopic (exact) mass is 269 g/mol. The quantitative estimate of drug-likeness (QED) is 0.786. The molecule has 0 saturated carbocycles. The molecular weight excluding hydrogens is 258 g/mol. The normalized spacial score (nSPS) is 10.4. The second-order valence-electron chi connectivity index (χ2n) is 4.06. The predicted molar refractivity (Wildman–Crippen MR) is 71.2 cm³/mol. The van der Waals surface area contributed by atoms with Gasteiger partial charge in [0.05, 0.1) is 24.4 Å². The highest BCUT2D eigenvalue weighted by atomic mass is 16.5. The summed E-state index contributed by atoms with van der Waals surface area (Å²) in [7, 11) is 1.58. The number of benzene rings is 1. The molecule has 1 aromatic carbocycles. The lowest BCUT2D eigenvalue weighted by atomic mass is 10.2. The molecule has 20 heavy (non-hydrogen) atoms. The van der Waals surface area contributed by atoms with E-state index >= 15 is 0 Å². The Labute approximate surface area is 114 Å². The molecule has 0 fully saturated rings. The highest BCUT2D eigenvalue weighted by molar-refractivity contribution is 5.65. The maximum Gasteiger partial charge on any atom is 0.259 e. The van der Waals surface area contributed by atoms with E-state index in [0.29, 0.717) is 17.1 Å². The summed E-state index contributed by atoms with van der Waals surface area (Å²) in [4.78, 5) is 8.17. The van der Waals surface area contributed by atoms with Gasteiger partial charge in [0.25, 0.3) is 5.89 Å². The first kappa shape index (κ1) is 12.2. The first-order valence-corrected chi connectivity index (χ1v) is 5.89. The summed E-state index contributed by atoms with van der Waals surface area (Å²) in [6.07, 6.45) is 2.88. The summed E-state index contributed by atoms with van der Waals surface area (Å²) in [5.74, 6) is 1.41. The van der Waals surface area contributed by atoms with E-state index in [2.05, 4.69) is 15.1 Å². The van der Waals surface area contributed by atoms with Gasteiger partial charge in [0, 0.05) is 6.20 Å². The molecule has 0 atom stereocenters. The predicted octanol–water partition coefficient (Wildman–Crippen LogP) is 2.51. The van der Waals surface area contributed by atoms with Crippen molar-refractivity contribution in [3.05, 3.63) is 42.7 Å². The smallest absolute Gasteiger partial charge is 0.259 e. The van der Waals surface area contributed by atoms with Crippen LogP contribution in [-0.2, 0) is 0 Å². The second kappa shape index (κ2) is 5.00. The molecule has 0 aliphatic heterocycles. The van der Waals surface area contributed by atoms with E-state index in [0.717, 1.165) is 5.56 Å². The summed E-state index contributed by atoms with van der Waals surface area (Å²) in [5.41, 5.74) is 1.29. The summed E-state index contributed by atoms with van der Waals surface area (Å²) >= 11 is 0. The first-order chi connectivity index (χ1) is 9.78. The van der Waals surface area contributed by atoms with Crippen LogP contribution in [0, 0.1) is 0 Å². The minimum atomic E-state index is 0.0412. The lowest BCUT2D eigenvalue weighted by Crippen LogP contribution is -1.88. The van der Waals surface area contributed by atoms with Crippen molar-refractivity contribution < 1.29 is 14.4 Å². The molecule has 0 saturated heterocycles. The Hall–Kier alpha value is -2.89. The van der Waals surface area contributed by atoms with Crippen molar-refractivity contribution in [1.29, 1.82) is 0 Å². The van der Waals surface area contributed by atoms with Gasteiger partial charge in [-0.05, 0) is 18.2 Å². The van der Waals surface area contributed by atoms with Gasteiger partial charge in [0.15, 0.2) is 0 Å². The first-order valence-electron chi connectivity index (χ1n) is 5.89. The van der Waals surface area contributed by atoms with E-state index in [4.69, 9.17) is 9.26 Å². The number of rotatable bonds is 3. The third-order valence-electron chi connectivity index (χ3n) is 2.74. The fraction of sp³-hybridized carbons (Fsp3) is 0.0714. The van der Waals surface area contributed by atoms with Crippen molar-refractivity contribution in [2.24, 2.45) is 0 Å². The highest BCUT2D eigenvalue weighted by Gasteiger charge is 2.14. The molecule has 2 heterocycles. The number of hydrogen-bond acceptors (Lipinski definition) is 6. The van der Waals surface area contributed by atoms with Gasteiger partial charge in [0.1, 0.15) is 11.5 Å². The van der Waals surface area contributed by atoms with Gasteiger partial charge in [0.2, 0.25) is 5.82 Å². The minimum absolute atomic E-state index is 0.0412. The molecule has 6 heteroatoms. The van der Waals surface area contributed by atoms with Crippen molar-refractivity contribution in [3.8, 4) is 34.3 Å². The Kier molecular flexibility index (Phi) is 3.04. The number of nitrogens with zero attached hydrogens (tertiary/aromatic N) is 3. The molecule has 0 bridgehead atoms. The van der Waals surface area contributed by atoms with Crippen molar-refractivity contribution in [2.45, 2.75) is 0 Å². The van der Waals surface area contributed by atoms with Crippen LogP contribution in [0.25, 0.3) is 22.8 Å². The Morgan fingerprint density at radius 3 is 2.85 bits per heavy atom. The summed E-state index contributed by atoms with van der Waals surface area (Å²) < 4.78 is 10.5. The maximum absolute atomic E-state index is 9.41. The fourth-order valence-corrected chi connectivity index (χ4v) is 1.82. The molecule has 0 radical (unpaired) electrons. The number of methoxy groups -OCH3 is 1. The molecule has 6 nitrogen and oxygen atoms in total. The van der Waals surface area contributed by atoms with Gasteiger partial charge in [-0.3, -0.25) is 4.98 Å². The van der Waals surface area contributed by atoms with Crippen LogP contribution in [-0.4, -0.2) is 27.3 Å². The SMILES string of the molecule is COc1ccccc1-c1noc(-c2cncc(O)c2)n1. The van der Waals surface area contributed by atoms with E-state index in [1.165, 1.54) is 12.3 Å². The number of pyridine rings is 1. The zero-order chi connectivity index (χ0) is 13.9. The molecular formula is C14H11N3O3. The Morgan fingerprint density at radius 2 is 2.05 bits per heavy atom. The molecule has 3 aromatic rings. The van der Waals surface area contributed by atoms with Crippen molar-refractivity contribution in [2.75, 3.05) is 7.11 Å². The molecule has 0 spiro atoms. The third-order valence-corrected chi connectivity index (χ3v) is 2.74. The van der Waals surface area contributed by atoms with Crippen LogP contribution >= 0.6 is 0 Å². The van der Waals surface area contributed by atoms with E-state index in [-0.39, 0.29) is 11.6 Å². The Bertz CT molecular complexity index is 740. The van der Waals surface area contributed by atoms with Gasteiger partial charge >= 0.3 is 0 Å². The number of aromatic nitrogens is 3. The number of aromatic hydroxyl groups is 1. The van der Waals surface area contributed by atoms with Gasteiger partial charge in [-0.1, -0.05) is 17.3 Å². The molecule has 0 unspecified atom stereocenters. The van der Waals surface area contributed by atoms with E-state index in [9.17, 15) is 5.11 Å². The molecule has 0 amide bonds. The van der Waals surface area contributed by atoms with Crippen LogP contribution in [0.4, 0.5) is 0 Å². The second-order valence-corrected chi connectivity index (χ2v) is 4.06. The topological polar surface area (TPSA) is 81.3 Å². The van der Waals surface area contributed by atoms with E-state index in [1.807, 2.05) is 24.3 Å². The van der Waals surface area contributed by atoms with Crippen molar-refractivity contribution in [3.63, 3.8) is 0 Å². The molecule has 0 aliphatic carbocycles. The van der Waals surface area contributed by atoms with Crippen LogP contribution in [0.1, 0.15) is 0 Å². The average Bonchev–Trinajstić information content (AvgIpc) is 2.97. The van der Waals surface area contributed by atoms with Gasteiger partial charge in [-0.15, -0.1) is 0 Å². The lowest BCUT2D eigenvalue weighted by Gasteiger charge is -2.02.